The smallest absolute Gasteiger partial charge is 0.253 e. The van der Waals surface area contributed by atoms with E-state index < -0.39 is 0 Å². The van der Waals surface area contributed by atoms with E-state index in [1.807, 2.05) is 30.0 Å². The zero-order valence-electron chi connectivity index (χ0n) is 17.0. The molecule has 1 aliphatic heterocycles. The highest BCUT2D eigenvalue weighted by molar-refractivity contribution is 6.30. The first kappa shape index (κ1) is 20.4. The van der Waals surface area contributed by atoms with Gasteiger partial charge in [-0.3, -0.25) is 9.59 Å². The quantitative estimate of drug-likeness (QED) is 0.628. The van der Waals surface area contributed by atoms with Gasteiger partial charge in [-0.2, -0.15) is 0 Å². The van der Waals surface area contributed by atoms with Gasteiger partial charge >= 0.3 is 0 Å². The lowest BCUT2D eigenvalue weighted by Crippen LogP contribution is -2.43. The second-order valence-electron chi connectivity index (χ2n) is 7.87. The fourth-order valence-electron chi connectivity index (χ4n) is 4.16. The van der Waals surface area contributed by atoms with Crippen LogP contribution in [0.5, 0.6) is 0 Å². The molecule has 0 spiro atoms. The van der Waals surface area contributed by atoms with E-state index in [2.05, 4.69) is 29.6 Å². The molecule has 154 valence electrons. The Morgan fingerprint density at radius 1 is 0.967 bits per heavy atom. The molecule has 1 saturated heterocycles. The molecule has 5 heteroatoms. The molecular formula is C25H25ClN2O2. The minimum absolute atomic E-state index is 0.00496. The molecule has 0 aliphatic carbocycles. The van der Waals surface area contributed by atoms with E-state index in [1.165, 1.54) is 5.39 Å². The Balaban J connectivity index is 1.36. The Hall–Kier alpha value is -2.85. The predicted molar refractivity (Wildman–Crippen MR) is 121 cm³/mol. The molecule has 3 aromatic carbocycles. The van der Waals surface area contributed by atoms with E-state index in [-0.39, 0.29) is 23.8 Å². The zero-order valence-corrected chi connectivity index (χ0v) is 17.7. The van der Waals surface area contributed by atoms with Crippen LogP contribution in [0, 0.1) is 5.92 Å². The third kappa shape index (κ3) is 4.34. The van der Waals surface area contributed by atoms with Gasteiger partial charge in [-0.25, -0.2) is 0 Å². The summed E-state index contributed by atoms with van der Waals surface area (Å²) < 4.78 is 0. The van der Waals surface area contributed by atoms with Crippen molar-refractivity contribution in [3.05, 3.63) is 82.9 Å². The number of hydrogen-bond acceptors (Lipinski definition) is 2. The number of likely N-dealkylation sites (tertiary alicyclic amines) is 1. The third-order valence-electron chi connectivity index (χ3n) is 5.89. The molecular weight excluding hydrogens is 396 g/mol. The second-order valence-corrected chi connectivity index (χ2v) is 8.31. The molecule has 1 unspecified atom stereocenters. The van der Waals surface area contributed by atoms with Crippen LogP contribution in [0.4, 0.5) is 0 Å². The van der Waals surface area contributed by atoms with Gasteiger partial charge in [0, 0.05) is 29.6 Å². The Kier molecular flexibility index (Phi) is 6.05. The first-order valence-corrected chi connectivity index (χ1v) is 10.7. The summed E-state index contributed by atoms with van der Waals surface area (Å²) in [6.45, 7) is 3.20. The molecule has 0 aromatic heterocycles. The van der Waals surface area contributed by atoms with Gasteiger partial charge in [0.2, 0.25) is 5.91 Å². The van der Waals surface area contributed by atoms with Gasteiger partial charge in [-0.15, -0.1) is 0 Å². The van der Waals surface area contributed by atoms with Crippen molar-refractivity contribution in [2.75, 3.05) is 13.1 Å². The lowest BCUT2D eigenvalue weighted by molar-refractivity contribution is -0.126. The summed E-state index contributed by atoms with van der Waals surface area (Å²) in [5.41, 5.74) is 1.75. The lowest BCUT2D eigenvalue weighted by atomic mass is 9.94. The highest BCUT2D eigenvalue weighted by Gasteiger charge is 2.28. The number of nitrogens with one attached hydrogen (secondary N) is 1. The van der Waals surface area contributed by atoms with Crippen molar-refractivity contribution in [2.45, 2.75) is 25.8 Å². The van der Waals surface area contributed by atoms with Gasteiger partial charge < -0.3 is 10.2 Å². The number of halogens is 1. The normalized spacial score (nSPS) is 15.7. The zero-order chi connectivity index (χ0) is 21.1. The maximum absolute atomic E-state index is 12.9. The van der Waals surface area contributed by atoms with Crippen LogP contribution in [0.1, 0.15) is 41.7 Å². The molecule has 4 nitrogen and oxygen atoms in total. The molecule has 1 aliphatic rings. The summed E-state index contributed by atoms with van der Waals surface area (Å²) in [5, 5.41) is 6.13. The van der Waals surface area contributed by atoms with E-state index in [0.29, 0.717) is 36.5 Å². The number of rotatable bonds is 4. The summed E-state index contributed by atoms with van der Waals surface area (Å²) in [6.07, 6.45) is 1.35. The van der Waals surface area contributed by atoms with Gasteiger partial charge in [0.1, 0.15) is 0 Å². The first-order chi connectivity index (χ1) is 14.5. The Morgan fingerprint density at radius 2 is 1.63 bits per heavy atom. The van der Waals surface area contributed by atoms with Crippen molar-refractivity contribution in [1.82, 2.24) is 10.2 Å². The lowest BCUT2D eigenvalue weighted by Gasteiger charge is -2.32. The van der Waals surface area contributed by atoms with Gasteiger partial charge in [-0.1, -0.05) is 54.1 Å². The molecule has 4 rings (SSSR count). The van der Waals surface area contributed by atoms with Crippen LogP contribution in [0.3, 0.4) is 0 Å². The van der Waals surface area contributed by atoms with Crippen LogP contribution in [-0.2, 0) is 4.79 Å². The van der Waals surface area contributed by atoms with Crippen molar-refractivity contribution in [1.29, 1.82) is 0 Å². The summed E-state index contributed by atoms with van der Waals surface area (Å²) >= 11 is 5.90. The minimum Gasteiger partial charge on any atom is -0.349 e. The molecule has 1 heterocycles. The number of nitrogens with zero attached hydrogens (tertiary/aromatic N) is 1. The number of hydrogen-bond donors (Lipinski definition) is 1. The second kappa shape index (κ2) is 8.88. The molecule has 1 fully saturated rings. The van der Waals surface area contributed by atoms with Gasteiger partial charge in [0.25, 0.3) is 5.91 Å². The van der Waals surface area contributed by atoms with Gasteiger partial charge in [0.05, 0.1) is 6.04 Å². The summed E-state index contributed by atoms with van der Waals surface area (Å²) in [7, 11) is 0. The fraction of sp³-hybridized carbons (Fsp3) is 0.280. The van der Waals surface area contributed by atoms with Crippen molar-refractivity contribution in [3.8, 4) is 0 Å². The van der Waals surface area contributed by atoms with Gasteiger partial charge in [-0.05, 0) is 60.4 Å². The van der Waals surface area contributed by atoms with Crippen LogP contribution in [0.2, 0.25) is 5.02 Å². The predicted octanol–water partition coefficient (Wildman–Crippen LogP) is 5.22. The summed E-state index contributed by atoms with van der Waals surface area (Å²) in [6, 6.07) is 21.3. The molecule has 30 heavy (non-hydrogen) atoms. The molecule has 1 atom stereocenters. The Labute approximate surface area is 181 Å². The van der Waals surface area contributed by atoms with Crippen molar-refractivity contribution < 1.29 is 9.59 Å². The van der Waals surface area contributed by atoms with Crippen molar-refractivity contribution in [3.63, 3.8) is 0 Å². The number of fused-ring (bicyclic) bond motifs is 1. The highest BCUT2D eigenvalue weighted by atomic mass is 35.5. The van der Waals surface area contributed by atoms with Crippen LogP contribution in [0.25, 0.3) is 10.8 Å². The van der Waals surface area contributed by atoms with E-state index in [4.69, 9.17) is 11.6 Å². The van der Waals surface area contributed by atoms with Crippen LogP contribution in [0.15, 0.2) is 66.7 Å². The number of piperidine rings is 1. The summed E-state index contributed by atoms with van der Waals surface area (Å²) in [4.78, 5) is 27.4. The van der Waals surface area contributed by atoms with Crippen LogP contribution < -0.4 is 5.32 Å². The topological polar surface area (TPSA) is 49.4 Å². The van der Waals surface area contributed by atoms with Gasteiger partial charge in [0.15, 0.2) is 0 Å². The van der Waals surface area contributed by atoms with Crippen LogP contribution in [-0.4, -0.2) is 29.8 Å². The largest absolute Gasteiger partial charge is 0.349 e. The van der Waals surface area contributed by atoms with Crippen molar-refractivity contribution in [2.24, 2.45) is 5.92 Å². The van der Waals surface area contributed by atoms with E-state index in [1.54, 1.807) is 24.3 Å². The first-order valence-electron chi connectivity index (χ1n) is 10.4. The van der Waals surface area contributed by atoms with E-state index in [9.17, 15) is 9.59 Å². The molecule has 0 saturated carbocycles. The maximum Gasteiger partial charge on any atom is 0.253 e. The Morgan fingerprint density at radius 3 is 2.37 bits per heavy atom. The number of carbonyl (C=O) groups excluding carboxylic acids is 2. The third-order valence-corrected chi connectivity index (χ3v) is 6.14. The molecule has 3 aromatic rings. The number of amides is 2. The van der Waals surface area contributed by atoms with Crippen molar-refractivity contribution >= 4 is 34.2 Å². The van der Waals surface area contributed by atoms with E-state index in [0.717, 1.165) is 10.9 Å². The minimum atomic E-state index is -0.0725. The average Bonchev–Trinajstić information content (AvgIpc) is 2.78. The van der Waals surface area contributed by atoms with Crippen LogP contribution >= 0.6 is 11.6 Å². The SMILES string of the molecule is CC(NC(=O)C1CCN(C(=O)c2ccc(Cl)cc2)CC1)c1cccc2ccccc12. The molecule has 1 N–H and O–H groups in total. The monoisotopic (exact) mass is 420 g/mol. The standard InChI is InChI=1S/C25H25ClN2O2/c1-17(22-8-4-6-18-5-2-3-7-23(18)22)27-24(29)19-13-15-28(16-14-19)25(30)20-9-11-21(26)12-10-20/h2-12,17,19H,13-16H2,1H3,(H,27,29). The number of carbonyl (C=O) groups is 2. The maximum atomic E-state index is 12.9. The highest BCUT2D eigenvalue weighted by Crippen LogP contribution is 2.26. The molecule has 0 bridgehead atoms. The average molecular weight is 421 g/mol. The number of benzene rings is 3. The Bertz CT molecular complexity index is 1050. The molecule has 0 radical (unpaired) electrons. The van der Waals surface area contributed by atoms with E-state index >= 15 is 0 Å². The molecule has 2 amide bonds. The summed E-state index contributed by atoms with van der Waals surface area (Å²) in [5.74, 6) is -0.0135. The fourth-order valence-corrected chi connectivity index (χ4v) is 4.28.